The molecule has 0 N–H and O–H groups in total. The quantitative estimate of drug-likeness (QED) is 0.176. The van der Waals surface area contributed by atoms with Crippen LogP contribution in [0, 0.1) is 0 Å². The summed E-state index contributed by atoms with van der Waals surface area (Å²) in [6.45, 7) is 0.0984. The van der Waals surface area contributed by atoms with Gasteiger partial charge in [-0.3, -0.25) is 0 Å². The maximum absolute atomic E-state index is 6.40. The van der Waals surface area contributed by atoms with Crippen LogP contribution in [-0.2, 0) is 11.4 Å². The molecule has 0 aliphatic carbocycles. The minimum atomic E-state index is -0.273. The molecule has 3 heterocycles. The van der Waals surface area contributed by atoms with Gasteiger partial charge < -0.3 is 19.0 Å². The van der Waals surface area contributed by atoms with Gasteiger partial charge in [0.15, 0.2) is 29.6 Å². The van der Waals surface area contributed by atoms with E-state index in [0.717, 1.165) is 38.8 Å². The average molecular weight is 544 g/mol. The topological polar surface area (TPSA) is 92.4 Å². The van der Waals surface area contributed by atoms with Gasteiger partial charge in [0.1, 0.15) is 12.1 Å². The van der Waals surface area contributed by atoms with Crippen molar-refractivity contribution >= 4 is 22.6 Å². The normalized spacial score (nSPS) is 14.0. The molecule has 0 spiro atoms. The van der Waals surface area contributed by atoms with Gasteiger partial charge in [0.25, 0.3) is 0 Å². The highest BCUT2D eigenvalue weighted by atomic mass is 16.6. The van der Waals surface area contributed by atoms with Crippen LogP contribution < -0.4 is 14.2 Å². The maximum Gasteiger partial charge on any atom is 0.228 e. The number of rotatable bonds is 7. The van der Waals surface area contributed by atoms with E-state index in [4.69, 9.17) is 24.0 Å². The van der Waals surface area contributed by atoms with E-state index in [1.54, 1.807) is 31.3 Å². The Kier molecular flexibility index (Phi) is 6.16. The fourth-order valence-electron chi connectivity index (χ4n) is 5.31. The molecule has 2 aromatic heterocycles. The Morgan fingerprint density at radius 2 is 1.73 bits per heavy atom. The predicted octanol–water partition coefficient (Wildman–Crippen LogP) is 6.13. The van der Waals surface area contributed by atoms with Crippen molar-refractivity contribution in [2.75, 3.05) is 14.2 Å². The molecule has 7 rings (SSSR count). The van der Waals surface area contributed by atoms with Gasteiger partial charge >= 0.3 is 0 Å². The number of oxime groups is 1. The number of hydrogen-bond donors (Lipinski definition) is 0. The molecule has 0 amide bonds. The molecular weight excluding hydrogens is 518 g/mol. The average Bonchev–Trinajstić information content (AvgIpc) is 3.45. The number of nitrogens with zero attached hydrogens (tertiary/aromatic N) is 5. The first-order valence-electron chi connectivity index (χ1n) is 13.1. The fourth-order valence-corrected chi connectivity index (χ4v) is 5.31. The van der Waals surface area contributed by atoms with E-state index >= 15 is 0 Å². The van der Waals surface area contributed by atoms with Crippen molar-refractivity contribution in [2.24, 2.45) is 5.16 Å². The first kappa shape index (κ1) is 24.6. The Bertz CT molecular complexity index is 1920. The van der Waals surface area contributed by atoms with Crippen LogP contribution in [0.4, 0.5) is 0 Å². The molecule has 9 nitrogen and oxygen atoms in total. The molecule has 202 valence electrons. The first-order valence-corrected chi connectivity index (χ1v) is 13.1. The molecule has 1 atom stereocenters. The van der Waals surface area contributed by atoms with Crippen molar-refractivity contribution in [3.05, 3.63) is 119 Å². The van der Waals surface area contributed by atoms with Gasteiger partial charge in [0, 0.05) is 11.5 Å². The van der Waals surface area contributed by atoms with Crippen molar-refractivity contribution < 1.29 is 19.0 Å². The summed E-state index contributed by atoms with van der Waals surface area (Å²) in [5.74, 6) is 2.70. The largest absolute Gasteiger partial charge is 0.493 e. The van der Waals surface area contributed by atoms with Crippen LogP contribution >= 0.6 is 0 Å². The third-order valence-electron chi connectivity index (χ3n) is 7.16. The zero-order valence-electron chi connectivity index (χ0n) is 22.4. The SMILES string of the molecule is COc1ccc([C@H]2c3c(ccc4ccccc34)Oc3ncn4nc(CO/N=C\c5ccccc5)nc4c32)cc1OC. The molecule has 6 aromatic rings. The van der Waals surface area contributed by atoms with Gasteiger partial charge in [0.05, 0.1) is 26.0 Å². The van der Waals surface area contributed by atoms with Crippen LogP contribution in [0.15, 0.2) is 96.4 Å². The van der Waals surface area contributed by atoms with Gasteiger partial charge in [-0.05, 0) is 40.1 Å². The first-order chi connectivity index (χ1) is 20.2. The summed E-state index contributed by atoms with van der Waals surface area (Å²) < 4.78 is 19.3. The third-order valence-corrected chi connectivity index (χ3v) is 7.16. The van der Waals surface area contributed by atoms with Crippen LogP contribution in [0.1, 0.15) is 34.0 Å². The van der Waals surface area contributed by atoms with Crippen LogP contribution in [0.5, 0.6) is 23.1 Å². The molecule has 1 aliphatic rings. The Balaban J connectivity index is 1.36. The molecule has 0 saturated carbocycles. The predicted molar refractivity (Wildman–Crippen MR) is 154 cm³/mol. The van der Waals surface area contributed by atoms with E-state index in [0.29, 0.717) is 28.9 Å². The highest BCUT2D eigenvalue weighted by molar-refractivity contribution is 5.91. The highest BCUT2D eigenvalue weighted by Gasteiger charge is 2.35. The monoisotopic (exact) mass is 543 g/mol. The lowest BCUT2D eigenvalue weighted by atomic mass is 9.81. The van der Waals surface area contributed by atoms with E-state index in [1.807, 2.05) is 66.7 Å². The molecule has 0 radical (unpaired) electrons. The summed E-state index contributed by atoms with van der Waals surface area (Å²) in [5.41, 5.74) is 4.36. The van der Waals surface area contributed by atoms with E-state index in [2.05, 4.69) is 33.4 Å². The summed E-state index contributed by atoms with van der Waals surface area (Å²) in [5, 5.41) is 10.9. The summed E-state index contributed by atoms with van der Waals surface area (Å²) in [6, 6.07) is 28.0. The van der Waals surface area contributed by atoms with Gasteiger partial charge in [-0.25, -0.2) is 14.5 Å². The second-order valence-corrected chi connectivity index (χ2v) is 9.53. The minimum absolute atomic E-state index is 0.0984. The summed E-state index contributed by atoms with van der Waals surface area (Å²) >= 11 is 0. The Hall–Kier alpha value is -5.44. The number of aromatic nitrogens is 4. The molecular formula is C32H25N5O4. The zero-order chi connectivity index (χ0) is 27.8. The third kappa shape index (κ3) is 4.37. The molecule has 41 heavy (non-hydrogen) atoms. The van der Waals surface area contributed by atoms with Crippen LogP contribution in [0.2, 0.25) is 0 Å². The van der Waals surface area contributed by atoms with Crippen LogP contribution in [-0.4, -0.2) is 40.0 Å². The molecule has 0 bridgehead atoms. The second kappa shape index (κ2) is 10.3. The van der Waals surface area contributed by atoms with Crippen molar-refractivity contribution in [2.45, 2.75) is 12.5 Å². The number of benzene rings is 4. The Labute approximate surface area is 235 Å². The molecule has 4 aromatic carbocycles. The molecule has 0 unspecified atom stereocenters. The van der Waals surface area contributed by atoms with Crippen molar-refractivity contribution in [3.8, 4) is 23.1 Å². The minimum Gasteiger partial charge on any atom is -0.493 e. The van der Waals surface area contributed by atoms with E-state index in [-0.39, 0.29) is 12.5 Å². The Morgan fingerprint density at radius 3 is 2.59 bits per heavy atom. The maximum atomic E-state index is 6.40. The summed E-state index contributed by atoms with van der Waals surface area (Å²) in [4.78, 5) is 15.0. The lowest BCUT2D eigenvalue weighted by molar-refractivity contribution is 0.126. The highest BCUT2D eigenvalue weighted by Crippen LogP contribution is 2.51. The smallest absolute Gasteiger partial charge is 0.228 e. The standard InChI is InChI=1S/C32H25N5O4/c1-38-24-14-13-22(16-26(24)39-2)28-29-23-11-7-6-10-21(23)12-15-25(29)41-32-30(28)31-35-27(36-37(31)19-33-32)18-40-34-17-20-8-4-3-5-9-20/h3-17,19,28H,18H2,1-2H3/b34-17-/t28-/m0/s1. The van der Waals surface area contributed by atoms with E-state index in [1.165, 1.54) is 0 Å². The number of methoxy groups -OCH3 is 2. The van der Waals surface area contributed by atoms with Crippen molar-refractivity contribution in [3.63, 3.8) is 0 Å². The van der Waals surface area contributed by atoms with Crippen LogP contribution in [0.25, 0.3) is 16.4 Å². The number of hydrogen-bond acceptors (Lipinski definition) is 8. The number of fused-ring (bicyclic) bond motifs is 6. The van der Waals surface area contributed by atoms with Crippen LogP contribution in [0.3, 0.4) is 0 Å². The van der Waals surface area contributed by atoms with E-state index in [9.17, 15) is 0 Å². The van der Waals surface area contributed by atoms with Crippen molar-refractivity contribution in [1.29, 1.82) is 0 Å². The molecule has 0 fully saturated rings. The lowest BCUT2D eigenvalue weighted by Crippen LogP contribution is -2.15. The van der Waals surface area contributed by atoms with Gasteiger partial charge in [0.2, 0.25) is 5.88 Å². The lowest BCUT2D eigenvalue weighted by Gasteiger charge is -2.29. The molecule has 9 heteroatoms. The zero-order valence-corrected chi connectivity index (χ0v) is 22.4. The van der Waals surface area contributed by atoms with Gasteiger partial charge in [-0.1, -0.05) is 71.9 Å². The fraction of sp³-hybridized carbons (Fsp3) is 0.125. The second-order valence-electron chi connectivity index (χ2n) is 9.53. The molecule has 0 saturated heterocycles. The number of ether oxygens (including phenoxy) is 3. The Morgan fingerprint density at radius 1 is 0.902 bits per heavy atom. The summed E-state index contributed by atoms with van der Waals surface area (Å²) in [6.07, 6.45) is 3.26. The van der Waals surface area contributed by atoms with E-state index < -0.39 is 0 Å². The molecule has 1 aliphatic heterocycles. The van der Waals surface area contributed by atoms with Crippen molar-refractivity contribution in [1.82, 2.24) is 19.6 Å². The van der Waals surface area contributed by atoms with Gasteiger partial charge in [-0.2, -0.15) is 0 Å². The van der Waals surface area contributed by atoms with Gasteiger partial charge in [-0.15, -0.1) is 5.10 Å². The summed E-state index contributed by atoms with van der Waals surface area (Å²) in [7, 11) is 3.26.